The highest BCUT2D eigenvalue weighted by Gasteiger charge is 2.08. The van der Waals surface area contributed by atoms with E-state index in [4.69, 9.17) is 4.74 Å². The molecule has 0 atom stereocenters. The first-order chi connectivity index (χ1) is 7.22. The number of carbonyl (C=O) groups is 1. The smallest absolute Gasteiger partial charge is 0.185 e. The highest BCUT2D eigenvalue weighted by Crippen LogP contribution is 2.19. The van der Waals surface area contributed by atoms with Crippen molar-refractivity contribution in [1.29, 1.82) is 0 Å². The molecule has 0 saturated heterocycles. The second-order valence-electron chi connectivity index (χ2n) is 3.17. The highest BCUT2D eigenvalue weighted by atomic mass is 16.5. The quantitative estimate of drug-likeness (QED) is 0.544. The summed E-state index contributed by atoms with van der Waals surface area (Å²) in [6, 6.07) is 5.54. The van der Waals surface area contributed by atoms with E-state index in [0.29, 0.717) is 6.61 Å². The fourth-order valence-corrected chi connectivity index (χ4v) is 1.47. The molecule has 0 fully saturated rings. The molecule has 2 heteroatoms. The molecule has 15 heavy (non-hydrogen) atoms. The molecule has 1 rings (SSSR count). The molecule has 0 amide bonds. The summed E-state index contributed by atoms with van der Waals surface area (Å²) in [7, 11) is 0. The predicted molar refractivity (Wildman–Crippen MR) is 61.5 cm³/mol. The average molecular weight is 204 g/mol. The van der Waals surface area contributed by atoms with Gasteiger partial charge < -0.3 is 4.74 Å². The van der Waals surface area contributed by atoms with Crippen molar-refractivity contribution in [3.05, 3.63) is 42.0 Å². The SMILES string of the molecule is C=CC(=O)c1ccc(OCC)cc1CC. The van der Waals surface area contributed by atoms with Crippen molar-refractivity contribution in [2.75, 3.05) is 6.61 Å². The average Bonchev–Trinajstić information content (AvgIpc) is 2.28. The fraction of sp³-hybridized carbons (Fsp3) is 0.308. The van der Waals surface area contributed by atoms with Crippen molar-refractivity contribution >= 4 is 5.78 Å². The number of allylic oxidation sites excluding steroid dienone is 1. The molecule has 0 bridgehead atoms. The van der Waals surface area contributed by atoms with Gasteiger partial charge in [0.15, 0.2) is 5.78 Å². The zero-order chi connectivity index (χ0) is 11.3. The number of hydrogen-bond acceptors (Lipinski definition) is 2. The van der Waals surface area contributed by atoms with Crippen molar-refractivity contribution in [3.8, 4) is 5.75 Å². The highest BCUT2D eigenvalue weighted by molar-refractivity contribution is 6.05. The van der Waals surface area contributed by atoms with Gasteiger partial charge in [-0.15, -0.1) is 0 Å². The van der Waals surface area contributed by atoms with Gasteiger partial charge >= 0.3 is 0 Å². The molecular weight excluding hydrogens is 188 g/mol. The van der Waals surface area contributed by atoms with Gasteiger partial charge in [-0.2, -0.15) is 0 Å². The van der Waals surface area contributed by atoms with Crippen LogP contribution in [0, 0.1) is 0 Å². The molecule has 0 radical (unpaired) electrons. The number of ether oxygens (including phenoxy) is 1. The summed E-state index contributed by atoms with van der Waals surface area (Å²) >= 11 is 0. The molecule has 0 aliphatic carbocycles. The van der Waals surface area contributed by atoms with Crippen LogP contribution in [0.1, 0.15) is 29.8 Å². The summed E-state index contributed by atoms with van der Waals surface area (Å²) in [6.45, 7) is 8.08. The Morgan fingerprint density at radius 2 is 2.20 bits per heavy atom. The van der Waals surface area contributed by atoms with Crippen molar-refractivity contribution in [2.45, 2.75) is 20.3 Å². The van der Waals surface area contributed by atoms with E-state index in [9.17, 15) is 4.79 Å². The summed E-state index contributed by atoms with van der Waals surface area (Å²) in [5.74, 6) is 0.782. The molecule has 1 aromatic carbocycles. The van der Waals surface area contributed by atoms with Gasteiger partial charge in [0.25, 0.3) is 0 Å². The van der Waals surface area contributed by atoms with Crippen LogP contribution in [0.4, 0.5) is 0 Å². The van der Waals surface area contributed by atoms with E-state index in [1.54, 1.807) is 6.07 Å². The third-order valence-corrected chi connectivity index (χ3v) is 2.22. The lowest BCUT2D eigenvalue weighted by molar-refractivity contribution is 0.104. The lowest BCUT2D eigenvalue weighted by Crippen LogP contribution is -2.01. The van der Waals surface area contributed by atoms with E-state index in [2.05, 4.69) is 6.58 Å². The topological polar surface area (TPSA) is 26.3 Å². The molecule has 0 aromatic heterocycles. The zero-order valence-electron chi connectivity index (χ0n) is 9.25. The molecule has 0 aliphatic heterocycles. The van der Waals surface area contributed by atoms with Gasteiger partial charge in [-0.25, -0.2) is 0 Å². The number of ketones is 1. The summed E-state index contributed by atoms with van der Waals surface area (Å²) in [6.07, 6.45) is 2.16. The van der Waals surface area contributed by atoms with Gasteiger partial charge in [-0.1, -0.05) is 13.5 Å². The maximum Gasteiger partial charge on any atom is 0.185 e. The Kier molecular flexibility index (Phi) is 4.10. The van der Waals surface area contributed by atoms with Crippen LogP contribution in [0.15, 0.2) is 30.9 Å². The van der Waals surface area contributed by atoms with Crippen LogP contribution in [0.2, 0.25) is 0 Å². The molecule has 0 heterocycles. The molecule has 0 aliphatic rings. The third-order valence-electron chi connectivity index (χ3n) is 2.22. The molecule has 0 N–H and O–H groups in total. The normalized spacial score (nSPS) is 9.73. The minimum Gasteiger partial charge on any atom is -0.494 e. The molecule has 0 spiro atoms. The number of rotatable bonds is 5. The number of aryl methyl sites for hydroxylation is 1. The molecule has 80 valence electrons. The van der Waals surface area contributed by atoms with Crippen molar-refractivity contribution < 1.29 is 9.53 Å². The van der Waals surface area contributed by atoms with Crippen LogP contribution >= 0.6 is 0 Å². The molecule has 2 nitrogen and oxygen atoms in total. The van der Waals surface area contributed by atoms with E-state index in [1.165, 1.54) is 6.08 Å². The monoisotopic (exact) mass is 204 g/mol. The predicted octanol–water partition coefficient (Wildman–Crippen LogP) is 3.02. The van der Waals surface area contributed by atoms with E-state index >= 15 is 0 Å². The number of benzene rings is 1. The Bertz CT molecular complexity index is 367. The van der Waals surface area contributed by atoms with E-state index in [0.717, 1.165) is 23.3 Å². The van der Waals surface area contributed by atoms with E-state index in [1.807, 2.05) is 26.0 Å². The van der Waals surface area contributed by atoms with Gasteiger partial charge in [0.2, 0.25) is 0 Å². The van der Waals surface area contributed by atoms with Crippen LogP contribution in [0.25, 0.3) is 0 Å². The summed E-state index contributed by atoms with van der Waals surface area (Å²) < 4.78 is 5.38. The molecule has 0 saturated carbocycles. The lowest BCUT2D eigenvalue weighted by atomic mass is 10.0. The Balaban J connectivity index is 3.08. The van der Waals surface area contributed by atoms with E-state index in [-0.39, 0.29) is 5.78 Å². The van der Waals surface area contributed by atoms with Crippen LogP contribution in [0.3, 0.4) is 0 Å². The van der Waals surface area contributed by atoms with Gasteiger partial charge in [0.1, 0.15) is 5.75 Å². The lowest BCUT2D eigenvalue weighted by Gasteiger charge is -2.08. The van der Waals surface area contributed by atoms with Crippen LogP contribution in [-0.4, -0.2) is 12.4 Å². The van der Waals surface area contributed by atoms with Gasteiger partial charge in [0, 0.05) is 5.56 Å². The summed E-state index contributed by atoms with van der Waals surface area (Å²) in [5.41, 5.74) is 1.72. The van der Waals surface area contributed by atoms with E-state index < -0.39 is 0 Å². The molecular formula is C13H16O2. The van der Waals surface area contributed by atoms with Crippen LogP contribution in [0.5, 0.6) is 5.75 Å². The maximum absolute atomic E-state index is 11.5. The zero-order valence-corrected chi connectivity index (χ0v) is 9.25. The first kappa shape index (κ1) is 11.5. The maximum atomic E-state index is 11.5. The molecule has 1 aromatic rings. The Labute approximate surface area is 90.6 Å². The molecule has 0 unspecified atom stereocenters. The van der Waals surface area contributed by atoms with Gasteiger partial charge in [0.05, 0.1) is 6.61 Å². The summed E-state index contributed by atoms with van der Waals surface area (Å²) in [5, 5.41) is 0. The minimum absolute atomic E-state index is 0.0325. The van der Waals surface area contributed by atoms with Gasteiger partial charge in [-0.05, 0) is 43.2 Å². The van der Waals surface area contributed by atoms with Crippen molar-refractivity contribution in [2.24, 2.45) is 0 Å². The first-order valence-corrected chi connectivity index (χ1v) is 5.15. The second-order valence-corrected chi connectivity index (χ2v) is 3.17. The standard InChI is InChI=1S/C13H16O2/c1-4-10-9-11(15-6-3)7-8-12(10)13(14)5-2/h5,7-9H,2,4,6H2,1,3H3. The minimum atomic E-state index is -0.0325. The third kappa shape index (κ3) is 2.69. The fourth-order valence-electron chi connectivity index (χ4n) is 1.47. The number of carbonyl (C=O) groups excluding carboxylic acids is 1. The van der Waals surface area contributed by atoms with Crippen molar-refractivity contribution in [3.63, 3.8) is 0 Å². The Hall–Kier alpha value is -1.57. The van der Waals surface area contributed by atoms with Gasteiger partial charge in [-0.3, -0.25) is 4.79 Å². The first-order valence-electron chi connectivity index (χ1n) is 5.15. The van der Waals surface area contributed by atoms with Crippen LogP contribution < -0.4 is 4.74 Å². The Morgan fingerprint density at radius 1 is 1.47 bits per heavy atom. The number of hydrogen-bond donors (Lipinski definition) is 0. The summed E-state index contributed by atoms with van der Waals surface area (Å²) in [4.78, 5) is 11.5. The van der Waals surface area contributed by atoms with Crippen molar-refractivity contribution in [1.82, 2.24) is 0 Å². The Morgan fingerprint density at radius 3 is 2.73 bits per heavy atom. The largest absolute Gasteiger partial charge is 0.494 e. The second kappa shape index (κ2) is 5.35. The van der Waals surface area contributed by atoms with Crippen LogP contribution in [-0.2, 0) is 6.42 Å².